The minimum atomic E-state index is -0.955. The molecule has 73 heavy (non-hydrogen) atoms. The van der Waals surface area contributed by atoms with Crippen LogP contribution in [0.15, 0.2) is 60.7 Å². The highest BCUT2D eigenvalue weighted by molar-refractivity contribution is 6.35. The normalized spacial score (nSPS) is 17.4. The van der Waals surface area contributed by atoms with Crippen molar-refractivity contribution in [3.05, 3.63) is 71.8 Å². The first kappa shape index (κ1) is 61.7. The van der Waals surface area contributed by atoms with E-state index in [0.29, 0.717) is 58.3 Å². The van der Waals surface area contributed by atoms with Crippen LogP contribution in [0.1, 0.15) is 119 Å². The molecule has 2 N–H and O–H groups in total. The summed E-state index contributed by atoms with van der Waals surface area (Å²) in [6.45, 7) is 18.4. The van der Waals surface area contributed by atoms with Crippen LogP contribution in [0.25, 0.3) is 0 Å². The van der Waals surface area contributed by atoms with Gasteiger partial charge in [-0.1, -0.05) is 123 Å². The van der Waals surface area contributed by atoms with Crippen LogP contribution in [-0.4, -0.2) is 174 Å². The van der Waals surface area contributed by atoms with Gasteiger partial charge in [0.1, 0.15) is 11.8 Å². The number of carbonyl (C=O) groups is 8. The molecule has 2 fully saturated rings. The average Bonchev–Trinajstić information content (AvgIpc) is 4.03. The summed E-state index contributed by atoms with van der Waals surface area (Å²) in [6, 6.07) is 17.6. The lowest BCUT2D eigenvalue weighted by Gasteiger charge is -2.38. The van der Waals surface area contributed by atoms with E-state index < -0.39 is 65.5 Å². The fraction of sp³-hybridized carbons (Fsp3) is 0.649. The molecule has 7 amide bonds. The number of likely N-dealkylation sites (N-methyl/N-ethyl adjacent to an activating group) is 3. The number of nitrogens with one attached hydrogen (secondary N) is 2. The number of Topliss-reactive ketones (excluding diaryl/α,β-unsaturated/α-hetero) is 1. The molecular formula is C57H90N8O8. The van der Waals surface area contributed by atoms with E-state index in [1.807, 2.05) is 121 Å². The molecule has 406 valence electrons. The number of hydrogen-bond donors (Lipinski definition) is 2. The summed E-state index contributed by atoms with van der Waals surface area (Å²) in [5.41, 5.74) is 0.944. The van der Waals surface area contributed by atoms with Gasteiger partial charge in [-0.15, -0.1) is 0 Å². The Labute approximate surface area is 437 Å². The summed E-state index contributed by atoms with van der Waals surface area (Å²) in [4.78, 5) is 120. The first-order chi connectivity index (χ1) is 33.9. The van der Waals surface area contributed by atoms with E-state index in [4.69, 9.17) is 0 Å². The largest absolute Gasteiger partial charge is 0.344 e. The van der Waals surface area contributed by atoms with Gasteiger partial charge in [0.15, 0.2) is 0 Å². The van der Waals surface area contributed by atoms with E-state index in [-0.39, 0.29) is 68.4 Å². The molecule has 2 heterocycles. The zero-order valence-electron chi connectivity index (χ0n) is 45.5. The van der Waals surface area contributed by atoms with Crippen LogP contribution in [0.5, 0.6) is 0 Å². The maximum atomic E-state index is 14.3. The highest BCUT2D eigenvalue weighted by atomic mass is 16.2. The topological polar surface area (TPSA) is 180 Å². The molecular weight excluding hydrogens is 925 g/mol. The van der Waals surface area contributed by atoms with Gasteiger partial charge in [0.25, 0.3) is 0 Å². The molecule has 2 aromatic carbocycles. The first-order valence-electron chi connectivity index (χ1n) is 26.1. The Morgan fingerprint density at radius 2 is 1.08 bits per heavy atom. The molecule has 2 aliphatic heterocycles. The Morgan fingerprint density at radius 3 is 1.47 bits per heavy atom. The molecule has 2 aliphatic rings. The number of ketones is 1. The standard InChI is InChI=1S/C56H86N8O8.CH4/c1-13-39(2)50(68)58-49(56(7,8)9)52(70)64-31-21-27-44(64)36-62(33-29-42-24-18-15-19-25-42)48(67)38-60(12)54(72)53(71)59(11)37-47(66)61(32-28-41-22-16-14-17-23-41)35-43-26-20-30-63(43)51(69)45(55(4,5)6)34-46(65)40(3)57-10;/h14-19,22-25,39-40,43-45,49,57H,13,20-21,26-38H2,1-12H3,(H,58,68);1H4/t39-,40+,43+,44+,45-,49-;/m1./s1. The predicted octanol–water partition coefficient (Wildman–Crippen LogP) is 5.47. The summed E-state index contributed by atoms with van der Waals surface area (Å²) in [5.74, 6) is -4.06. The molecule has 16 heteroatoms. The molecule has 0 unspecified atom stereocenters. The lowest BCUT2D eigenvalue weighted by Crippen LogP contribution is -2.58. The molecule has 6 atom stereocenters. The van der Waals surface area contributed by atoms with Crippen LogP contribution in [0, 0.1) is 22.7 Å². The van der Waals surface area contributed by atoms with Gasteiger partial charge in [0, 0.05) is 83.7 Å². The van der Waals surface area contributed by atoms with Crippen molar-refractivity contribution >= 4 is 47.1 Å². The fourth-order valence-electron chi connectivity index (χ4n) is 9.46. The van der Waals surface area contributed by atoms with E-state index >= 15 is 0 Å². The Kier molecular flexibility index (Phi) is 23.8. The van der Waals surface area contributed by atoms with Crippen molar-refractivity contribution in [2.75, 3.05) is 73.5 Å². The number of likely N-dealkylation sites (tertiary alicyclic amines) is 2. The first-order valence-corrected chi connectivity index (χ1v) is 26.1. The third-order valence-electron chi connectivity index (χ3n) is 14.7. The summed E-state index contributed by atoms with van der Waals surface area (Å²) in [5, 5.41) is 6.00. The van der Waals surface area contributed by atoms with E-state index in [9.17, 15) is 38.4 Å². The van der Waals surface area contributed by atoms with Crippen LogP contribution >= 0.6 is 0 Å². The predicted molar refractivity (Wildman–Crippen MR) is 287 cm³/mol. The molecule has 2 saturated heterocycles. The molecule has 4 rings (SSSR count). The van der Waals surface area contributed by atoms with Crippen molar-refractivity contribution in [3.8, 4) is 0 Å². The quantitative estimate of drug-likeness (QED) is 0.137. The molecule has 0 spiro atoms. The average molecular weight is 1020 g/mol. The smallest absolute Gasteiger partial charge is 0.312 e. The van der Waals surface area contributed by atoms with Gasteiger partial charge < -0.3 is 40.0 Å². The van der Waals surface area contributed by atoms with Crippen molar-refractivity contribution in [3.63, 3.8) is 0 Å². The van der Waals surface area contributed by atoms with Crippen molar-refractivity contribution in [1.29, 1.82) is 0 Å². The zero-order valence-corrected chi connectivity index (χ0v) is 45.5. The molecule has 0 saturated carbocycles. The maximum Gasteiger partial charge on any atom is 0.312 e. The van der Waals surface area contributed by atoms with Gasteiger partial charge in [0.05, 0.1) is 19.1 Å². The Hall–Kier alpha value is -5.64. The number of amides is 7. The van der Waals surface area contributed by atoms with Crippen LogP contribution in [-0.2, 0) is 51.2 Å². The number of carbonyl (C=O) groups excluding carboxylic acids is 8. The van der Waals surface area contributed by atoms with Gasteiger partial charge in [0.2, 0.25) is 29.5 Å². The summed E-state index contributed by atoms with van der Waals surface area (Å²) >= 11 is 0. The SMILES string of the molecule is C.CC[C@@H](C)C(=O)N[C@H](C(=O)N1CCC[C@H]1CN(CCc1ccccc1)C(=O)CN(C)C(=O)C(=O)N(C)CC(=O)N(CCc1ccccc1)C[C@@H]1CCCN1C(=O)[C@@H](CC(=O)[C@H](C)NC)C(C)(C)C)C(C)(C)C. The fourth-order valence-corrected chi connectivity index (χ4v) is 9.46. The zero-order chi connectivity index (χ0) is 53.5. The van der Waals surface area contributed by atoms with Gasteiger partial charge >= 0.3 is 11.8 Å². The van der Waals surface area contributed by atoms with Crippen LogP contribution in [0.2, 0.25) is 0 Å². The van der Waals surface area contributed by atoms with Crippen molar-refractivity contribution in [2.24, 2.45) is 22.7 Å². The molecule has 0 aromatic heterocycles. The van der Waals surface area contributed by atoms with Crippen molar-refractivity contribution < 1.29 is 38.4 Å². The third-order valence-corrected chi connectivity index (χ3v) is 14.7. The molecule has 16 nitrogen and oxygen atoms in total. The molecule has 0 bridgehead atoms. The minimum absolute atomic E-state index is 0. The lowest BCUT2D eigenvalue weighted by atomic mass is 9.76. The molecule has 2 aromatic rings. The van der Waals surface area contributed by atoms with Crippen molar-refractivity contribution in [1.82, 2.24) is 40.0 Å². The maximum absolute atomic E-state index is 14.3. The minimum Gasteiger partial charge on any atom is -0.344 e. The van der Waals surface area contributed by atoms with Gasteiger partial charge in [-0.3, -0.25) is 38.4 Å². The number of nitrogens with zero attached hydrogens (tertiary/aromatic N) is 6. The second kappa shape index (κ2) is 28.1. The van der Waals surface area contributed by atoms with Gasteiger partial charge in [-0.05, 0) is 80.9 Å². The van der Waals surface area contributed by atoms with E-state index in [1.165, 1.54) is 14.1 Å². The monoisotopic (exact) mass is 1010 g/mol. The second-order valence-corrected chi connectivity index (χ2v) is 22.3. The van der Waals surface area contributed by atoms with E-state index in [0.717, 1.165) is 33.8 Å². The summed E-state index contributed by atoms with van der Waals surface area (Å²) in [6.07, 6.45) is 4.55. The van der Waals surface area contributed by atoms with Gasteiger partial charge in [-0.2, -0.15) is 0 Å². The number of hydrogen-bond acceptors (Lipinski definition) is 9. The number of rotatable bonds is 23. The van der Waals surface area contributed by atoms with E-state index in [2.05, 4.69) is 10.6 Å². The van der Waals surface area contributed by atoms with Gasteiger partial charge in [-0.25, -0.2) is 0 Å². The Bertz CT molecular complexity index is 2010. The Balaban J connectivity index is 0.0000141. The molecule has 0 radical (unpaired) electrons. The lowest BCUT2D eigenvalue weighted by molar-refractivity contribution is -0.153. The summed E-state index contributed by atoms with van der Waals surface area (Å²) < 4.78 is 0. The third kappa shape index (κ3) is 17.8. The number of benzene rings is 2. The van der Waals surface area contributed by atoms with E-state index in [1.54, 1.807) is 28.7 Å². The summed E-state index contributed by atoms with van der Waals surface area (Å²) in [7, 11) is 4.49. The highest BCUT2D eigenvalue weighted by Gasteiger charge is 2.43. The van der Waals surface area contributed by atoms with Crippen LogP contribution in [0.4, 0.5) is 0 Å². The molecule has 0 aliphatic carbocycles. The van der Waals surface area contributed by atoms with Crippen LogP contribution < -0.4 is 10.6 Å². The van der Waals surface area contributed by atoms with Crippen LogP contribution in [0.3, 0.4) is 0 Å². The van der Waals surface area contributed by atoms with Crippen molar-refractivity contribution in [2.45, 2.75) is 145 Å². The second-order valence-electron chi connectivity index (χ2n) is 22.3. The Morgan fingerprint density at radius 1 is 0.658 bits per heavy atom. The highest BCUT2D eigenvalue weighted by Crippen LogP contribution is 2.34.